The Hall–Kier alpha value is -2.56. The molecule has 0 unspecified atom stereocenters. The van der Waals surface area contributed by atoms with Gasteiger partial charge in [0, 0.05) is 6.54 Å². The molecule has 0 aliphatic heterocycles. The van der Waals surface area contributed by atoms with E-state index in [2.05, 4.69) is 5.32 Å². The van der Waals surface area contributed by atoms with Crippen LogP contribution in [0.5, 0.6) is 11.5 Å². The highest BCUT2D eigenvalue weighted by Crippen LogP contribution is 2.23. The van der Waals surface area contributed by atoms with Crippen molar-refractivity contribution >= 4 is 5.91 Å². The molecular weight excluding hydrogens is 273 g/mol. The molecule has 1 amide bonds. The summed E-state index contributed by atoms with van der Waals surface area (Å²) < 4.78 is 18.6. The van der Waals surface area contributed by atoms with Crippen molar-refractivity contribution in [2.45, 2.75) is 6.42 Å². The number of ether oxygens (including phenoxy) is 1. The highest BCUT2D eigenvalue weighted by atomic mass is 19.1. The lowest BCUT2D eigenvalue weighted by molar-refractivity contribution is -0.123. The Kier molecular flexibility index (Phi) is 5.15. The number of carbonyl (C=O) groups is 1. The second-order valence-corrected chi connectivity index (χ2v) is 4.45. The molecule has 0 saturated heterocycles. The fourth-order valence-electron chi connectivity index (χ4n) is 1.81. The van der Waals surface area contributed by atoms with Crippen molar-refractivity contribution in [3.05, 3.63) is 59.9 Å². The average Bonchev–Trinajstić information content (AvgIpc) is 2.48. The Labute approximate surface area is 122 Å². The van der Waals surface area contributed by atoms with E-state index in [0.29, 0.717) is 18.5 Å². The minimum Gasteiger partial charge on any atom is -0.504 e. The zero-order valence-electron chi connectivity index (χ0n) is 11.4. The first kappa shape index (κ1) is 14.8. The molecule has 4 nitrogen and oxygen atoms in total. The van der Waals surface area contributed by atoms with E-state index >= 15 is 0 Å². The molecule has 0 aliphatic carbocycles. The van der Waals surface area contributed by atoms with Gasteiger partial charge in [0.15, 0.2) is 18.1 Å². The molecule has 0 saturated carbocycles. The number of hydrogen-bond acceptors (Lipinski definition) is 3. The number of rotatable bonds is 6. The molecule has 110 valence electrons. The van der Waals surface area contributed by atoms with Gasteiger partial charge in [-0.1, -0.05) is 30.3 Å². The third kappa shape index (κ3) is 4.49. The summed E-state index contributed by atoms with van der Waals surface area (Å²) in [7, 11) is 0. The summed E-state index contributed by atoms with van der Waals surface area (Å²) in [5, 5.41) is 12.1. The van der Waals surface area contributed by atoms with Gasteiger partial charge in [-0.25, -0.2) is 4.39 Å². The standard InChI is InChI=1S/C16H16FNO3/c17-13-6-2-1-5-12(13)9-10-18-16(20)11-21-15-8-4-3-7-14(15)19/h1-8,19H,9-11H2,(H,18,20). The van der Waals surface area contributed by atoms with Crippen LogP contribution in [0.3, 0.4) is 0 Å². The number of phenolic OH excluding ortho intramolecular Hbond substituents is 1. The van der Waals surface area contributed by atoms with E-state index in [9.17, 15) is 14.3 Å². The molecule has 0 spiro atoms. The van der Waals surface area contributed by atoms with Gasteiger partial charge in [0.05, 0.1) is 0 Å². The van der Waals surface area contributed by atoms with Crippen molar-refractivity contribution in [1.82, 2.24) is 5.32 Å². The van der Waals surface area contributed by atoms with Gasteiger partial charge < -0.3 is 15.2 Å². The third-order valence-electron chi connectivity index (χ3n) is 2.90. The molecular formula is C16H16FNO3. The number of hydrogen-bond donors (Lipinski definition) is 2. The summed E-state index contributed by atoms with van der Waals surface area (Å²) in [6.07, 6.45) is 0.412. The maximum atomic E-state index is 13.4. The van der Waals surface area contributed by atoms with Crippen molar-refractivity contribution in [3.63, 3.8) is 0 Å². The second kappa shape index (κ2) is 7.28. The topological polar surface area (TPSA) is 58.6 Å². The number of phenols is 1. The molecule has 0 heterocycles. The Balaban J connectivity index is 1.73. The Bertz CT molecular complexity index is 616. The van der Waals surface area contributed by atoms with Gasteiger partial charge in [-0.2, -0.15) is 0 Å². The molecule has 2 N–H and O–H groups in total. The maximum Gasteiger partial charge on any atom is 0.257 e. The summed E-state index contributed by atoms with van der Waals surface area (Å²) in [6.45, 7) is 0.124. The maximum absolute atomic E-state index is 13.4. The van der Waals surface area contributed by atoms with Crippen LogP contribution in [0.25, 0.3) is 0 Å². The summed E-state index contributed by atoms with van der Waals surface area (Å²) in [4.78, 5) is 11.6. The van der Waals surface area contributed by atoms with Crippen molar-refractivity contribution in [3.8, 4) is 11.5 Å². The second-order valence-electron chi connectivity index (χ2n) is 4.45. The first-order valence-corrected chi connectivity index (χ1v) is 6.57. The van der Waals surface area contributed by atoms with Crippen LogP contribution in [0.4, 0.5) is 4.39 Å². The van der Waals surface area contributed by atoms with Crippen LogP contribution >= 0.6 is 0 Å². The Morgan fingerprint density at radius 2 is 1.86 bits per heavy atom. The predicted octanol–water partition coefficient (Wildman–Crippen LogP) is 2.27. The largest absolute Gasteiger partial charge is 0.504 e. The van der Waals surface area contributed by atoms with Gasteiger partial charge in [-0.15, -0.1) is 0 Å². The highest BCUT2D eigenvalue weighted by Gasteiger charge is 2.06. The van der Waals surface area contributed by atoms with E-state index in [1.807, 2.05) is 0 Å². The zero-order valence-corrected chi connectivity index (χ0v) is 11.4. The number of amides is 1. The van der Waals surface area contributed by atoms with Crippen LogP contribution in [-0.4, -0.2) is 24.2 Å². The number of aromatic hydroxyl groups is 1. The van der Waals surface area contributed by atoms with Gasteiger partial charge in [0.1, 0.15) is 5.82 Å². The van der Waals surface area contributed by atoms with Gasteiger partial charge in [-0.05, 0) is 30.2 Å². The van der Waals surface area contributed by atoms with E-state index in [-0.39, 0.29) is 29.8 Å². The Morgan fingerprint density at radius 1 is 1.14 bits per heavy atom. The van der Waals surface area contributed by atoms with E-state index < -0.39 is 0 Å². The summed E-state index contributed by atoms with van der Waals surface area (Å²) in [5.41, 5.74) is 0.555. The lowest BCUT2D eigenvalue weighted by Crippen LogP contribution is -2.30. The van der Waals surface area contributed by atoms with Gasteiger partial charge in [0.25, 0.3) is 5.91 Å². The fraction of sp³-hybridized carbons (Fsp3) is 0.188. The first-order valence-electron chi connectivity index (χ1n) is 6.57. The van der Waals surface area contributed by atoms with Crippen molar-refractivity contribution in [2.75, 3.05) is 13.2 Å². The number of benzene rings is 2. The van der Waals surface area contributed by atoms with E-state index in [1.54, 1.807) is 36.4 Å². The highest BCUT2D eigenvalue weighted by molar-refractivity contribution is 5.77. The van der Waals surface area contributed by atoms with Gasteiger partial charge in [0.2, 0.25) is 0 Å². The quantitative estimate of drug-likeness (QED) is 0.857. The lowest BCUT2D eigenvalue weighted by Gasteiger charge is -2.08. The van der Waals surface area contributed by atoms with E-state index in [0.717, 1.165) is 0 Å². The molecule has 5 heteroatoms. The zero-order chi connectivity index (χ0) is 15.1. The Morgan fingerprint density at radius 3 is 2.62 bits per heavy atom. The predicted molar refractivity (Wildman–Crippen MR) is 76.7 cm³/mol. The van der Waals surface area contributed by atoms with E-state index in [1.165, 1.54) is 12.1 Å². The molecule has 0 radical (unpaired) electrons. The summed E-state index contributed by atoms with van der Waals surface area (Å²) >= 11 is 0. The lowest BCUT2D eigenvalue weighted by atomic mass is 10.1. The summed E-state index contributed by atoms with van der Waals surface area (Å²) in [5.74, 6) is -0.370. The number of nitrogens with one attached hydrogen (secondary N) is 1. The van der Waals surface area contributed by atoms with Gasteiger partial charge in [-0.3, -0.25) is 4.79 Å². The molecule has 2 rings (SSSR count). The normalized spacial score (nSPS) is 10.1. The molecule has 0 aromatic heterocycles. The van der Waals surface area contributed by atoms with Crippen LogP contribution in [-0.2, 0) is 11.2 Å². The van der Waals surface area contributed by atoms with Crippen LogP contribution in [0, 0.1) is 5.82 Å². The van der Waals surface area contributed by atoms with Gasteiger partial charge >= 0.3 is 0 Å². The third-order valence-corrected chi connectivity index (χ3v) is 2.90. The molecule has 2 aromatic rings. The molecule has 21 heavy (non-hydrogen) atoms. The average molecular weight is 289 g/mol. The van der Waals surface area contributed by atoms with Crippen molar-refractivity contribution < 1.29 is 19.0 Å². The van der Waals surface area contributed by atoms with Crippen LogP contribution in [0.1, 0.15) is 5.56 Å². The molecule has 0 fully saturated rings. The minimum absolute atomic E-state index is 0.0170. The number of para-hydroxylation sites is 2. The van der Waals surface area contributed by atoms with Crippen molar-refractivity contribution in [2.24, 2.45) is 0 Å². The summed E-state index contributed by atoms with van der Waals surface area (Å²) in [6, 6.07) is 12.9. The monoisotopic (exact) mass is 289 g/mol. The first-order chi connectivity index (χ1) is 10.2. The van der Waals surface area contributed by atoms with Crippen molar-refractivity contribution in [1.29, 1.82) is 0 Å². The van der Waals surface area contributed by atoms with E-state index in [4.69, 9.17) is 4.74 Å². The number of halogens is 1. The van der Waals surface area contributed by atoms with Crippen LogP contribution in [0.15, 0.2) is 48.5 Å². The minimum atomic E-state index is -0.324. The number of carbonyl (C=O) groups excluding carboxylic acids is 1. The molecule has 0 bridgehead atoms. The molecule has 0 aliphatic rings. The van der Waals surface area contributed by atoms with Crippen LogP contribution < -0.4 is 10.1 Å². The van der Waals surface area contributed by atoms with Crippen LogP contribution in [0.2, 0.25) is 0 Å². The SMILES string of the molecule is O=C(COc1ccccc1O)NCCc1ccccc1F. The smallest absolute Gasteiger partial charge is 0.257 e. The molecule has 2 aromatic carbocycles. The molecule has 0 atom stereocenters. The fourth-order valence-corrected chi connectivity index (χ4v) is 1.81.